The minimum atomic E-state index is -0.893. The summed E-state index contributed by atoms with van der Waals surface area (Å²) in [5, 5.41) is 0.599. The summed E-state index contributed by atoms with van der Waals surface area (Å²) >= 11 is 6.03. The van der Waals surface area contributed by atoms with Gasteiger partial charge in [0.15, 0.2) is 11.6 Å². The summed E-state index contributed by atoms with van der Waals surface area (Å²) in [6.45, 7) is 4.23. The summed E-state index contributed by atoms with van der Waals surface area (Å²) in [5.41, 5.74) is 10.1. The molecule has 2 aromatic carbocycles. The second kappa shape index (κ2) is 8.78. The van der Waals surface area contributed by atoms with Gasteiger partial charge in [-0.1, -0.05) is 43.1 Å². The number of unbranched alkanes of at least 4 members (excludes halogenated alkanes) is 1. The zero-order valence-electron chi connectivity index (χ0n) is 16.4. The Morgan fingerprint density at radius 3 is 2.38 bits per heavy atom. The van der Waals surface area contributed by atoms with Crippen molar-refractivity contribution < 1.29 is 13.6 Å². The molecule has 0 saturated carbocycles. The minimum absolute atomic E-state index is 0.315. The predicted octanol–water partition coefficient (Wildman–Crippen LogP) is 5.88. The van der Waals surface area contributed by atoms with Gasteiger partial charge in [0.1, 0.15) is 0 Å². The summed E-state index contributed by atoms with van der Waals surface area (Å²) < 4.78 is 29.0. The van der Waals surface area contributed by atoms with Crippen molar-refractivity contribution in [2.24, 2.45) is 5.73 Å². The lowest BCUT2D eigenvalue weighted by Gasteiger charge is -2.14. The lowest BCUT2D eigenvalue weighted by atomic mass is 9.97. The zero-order valence-corrected chi connectivity index (χ0v) is 17.2. The van der Waals surface area contributed by atoms with Gasteiger partial charge >= 0.3 is 0 Å². The van der Waals surface area contributed by atoms with Crippen LogP contribution in [0.15, 0.2) is 42.5 Å². The highest BCUT2D eigenvalue weighted by atomic mass is 35.5. The van der Waals surface area contributed by atoms with Crippen molar-refractivity contribution in [3.05, 3.63) is 81.6 Å². The minimum Gasteiger partial charge on any atom is -0.366 e. The first-order valence-electron chi connectivity index (χ1n) is 9.55. The van der Waals surface area contributed by atoms with Crippen LogP contribution in [-0.4, -0.2) is 10.5 Å². The molecule has 0 bridgehead atoms. The number of primary amides is 1. The largest absolute Gasteiger partial charge is 0.366 e. The highest BCUT2D eigenvalue weighted by Crippen LogP contribution is 2.35. The van der Waals surface area contributed by atoms with Crippen molar-refractivity contribution >= 4 is 17.5 Å². The summed E-state index contributed by atoms with van der Waals surface area (Å²) in [7, 11) is 0. The van der Waals surface area contributed by atoms with Crippen molar-refractivity contribution in [2.75, 3.05) is 0 Å². The molecule has 3 nitrogen and oxygen atoms in total. The van der Waals surface area contributed by atoms with Crippen molar-refractivity contribution in [1.82, 2.24) is 4.57 Å². The third kappa shape index (κ3) is 4.35. The van der Waals surface area contributed by atoms with Gasteiger partial charge in [0.2, 0.25) is 0 Å². The van der Waals surface area contributed by atoms with E-state index < -0.39 is 17.5 Å². The molecule has 1 amide bonds. The quantitative estimate of drug-likeness (QED) is 0.513. The number of hydrogen-bond donors (Lipinski definition) is 1. The van der Waals surface area contributed by atoms with E-state index in [1.165, 1.54) is 6.07 Å². The Hall–Kier alpha value is -2.66. The smallest absolute Gasteiger partial charge is 0.251 e. The van der Waals surface area contributed by atoms with Crippen LogP contribution in [0.4, 0.5) is 8.78 Å². The maximum absolute atomic E-state index is 13.7. The van der Waals surface area contributed by atoms with Crippen LogP contribution in [0.3, 0.4) is 0 Å². The molecule has 3 aromatic rings. The Kier molecular flexibility index (Phi) is 6.38. The second-order valence-corrected chi connectivity index (χ2v) is 7.53. The molecule has 2 N–H and O–H groups in total. The van der Waals surface area contributed by atoms with Crippen molar-refractivity contribution in [2.45, 2.75) is 39.7 Å². The van der Waals surface area contributed by atoms with E-state index in [2.05, 4.69) is 6.92 Å². The van der Waals surface area contributed by atoms with Crippen molar-refractivity contribution in [3.63, 3.8) is 0 Å². The lowest BCUT2D eigenvalue weighted by molar-refractivity contribution is 0.1000. The fraction of sp³-hybridized carbons (Fsp3) is 0.261. The van der Waals surface area contributed by atoms with E-state index in [4.69, 9.17) is 17.3 Å². The van der Waals surface area contributed by atoms with Gasteiger partial charge in [-0.25, -0.2) is 8.78 Å². The Morgan fingerprint density at radius 2 is 1.79 bits per heavy atom. The molecular formula is C23H23ClF2N2O. The lowest BCUT2D eigenvalue weighted by Crippen LogP contribution is -2.13. The Labute approximate surface area is 174 Å². The van der Waals surface area contributed by atoms with Crippen LogP contribution in [0.2, 0.25) is 5.02 Å². The summed E-state index contributed by atoms with van der Waals surface area (Å²) in [6.07, 6.45) is 2.62. The van der Waals surface area contributed by atoms with Gasteiger partial charge in [-0.2, -0.15) is 0 Å². The van der Waals surface area contributed by atoms with Gasteiger partial charge in [-0.05, 0) is 55.2 Å². The fourth-order valence-electron chi connectivity index (χ4n) is 3.67. The number of hydrogen-bond acceptors (Lipinski definition) is 1. The molecule has 0 spiro atoms. The number of benzene rings is 2. The van der Waals surface area contributed by atoms with Crippen LogP contribution < -0.4 is 5.73 Å². The number of halogens is 3. The predicted molar refractivity (Wildman–Crippen MR) is 112 cm³/mol. The molecule has 0 unspecified atom stereocenters. The van der Waals surface area contributed by atoms with Crippen molar-refractivity contribution in [1.29, 1.82) is 0 Å². The van der Waals surface area contributed by atoms with Crippen LogP contribution in [0.1, 0.15) is 47.1 Å². The summed E-state index contributed by atoms with van der Waals surface area (Å²) in [4.78, 5) is 12.3. The molecular weight excluding hydrogens is 394 g/mol. The van der Waals surface area contributed by atoms with E-state index in [0.717, 1.165) is 42.1 Å². The molecule has 0 radical (unpaired) electrons. The van der Waals surface area contributed by atoms with Gasteiger partial charge in [0.05, 0.1) is 5.56 Å². The van der Waals surface area contributed by atoms with E-state index in [1.807, 2.05) is 23.6 Å². The van der Waals surface area contributed by atoms with Crippen molar-refractivity contribution in [3.8, 4) is 11.1 Å². The third-order valence-corrected chi connectivity index (χ3v) is 5.35. The maximum atomic E-state index is 13.7. The first-order chi connectivity index (χ1) is 13.8. The number of aromatic nitrogens is 1. The van der Waals surface area contributed by atoms with Crippen LogP contribution in [0.5, 0.6) is 0 Å². The average Bonchev–Trinajstić information content (AvgIpc) is 2.95. The highest BCUT2D eigenvalue weighted by Gasteiger charge is 2.24. The van der Waals surface area contributed by atoms with Gasteiger partial charge in [0, 0.05) is 28.5 Å². The zero-order chi connectivity index (χ0) is 21.1. The third-order valence-electron chi connectivity index (χ3n) is 5.10. The first-order valence-corrected chi connectivity index (χ1v) is 9.92. The number of carbonyl (C=O) groups is 1. The molecule has 0 aliphatic heterocycles. The molecule has 29 heavy (non-hydrogen) atoms. The standard InChI is InChI=1S/C23H23ClF2N2O/c1-3-4-5-20-22(16-7-9-17(24)10-8-16)21(23(27)29)14(2)28(20)13-15-6-11-18(25)19(26)12-15/h6-12H,3-5,13H2,1-2H3,(H2,27,29). The molecule has 3 rings (SSSR count). The second-order valence-electron chi connectivity index (χ2n) is 7.09. The SMILES string of the molecule is CCCCc1c(-c2ccc(Cl)cc2)c(C(N)=O)c(C)n1Cc1ccc(F)c(F)c1. The molecule has 1 aromatic heterocycles. The van der Waals surface area contributed by atoms with Gasteiger partial charge in [-0.3, -0.25) is 4.79 Å². The van der Waals surface area contributed by atoms with Gasteiger partial charge in [0.25, 0.3) is 5.91 Å². The molecule has 0 atom stereocenters. The highest BCUT2D eigenvalue weighted by molar-refractivity contribution is 6.30. The Balaban J connectivity index is 2.20. The monoisotopic (exact) mass is 416 g/mol. The normalized spacial score (nSPS) is 11.1. The number of carbonyl (C=O) groups excluding carboxylic acids is 1. The van der Waals surface area contributed by atoms with Crippen LogP contribution in [0.25, 0.3) is 11.1 Å². The van der Waals surface area contributed by atoms with E-state index in [0.29, 0.717) is 28.4 Å². The number of amides is 1. The molecule has 0 saturated heterocycles. The van der Waals surface area contributed by atoms with E-state index >= 15 is 0 Å². The summed E-state index contributed by atoms with van der Waals surface area (Å²) in [6, 6.07) is 11.1. The number of nitrogens with zero attached hydrogens (tertiary/aromatic N) is 1. The molecule has 0 aliphatic carbocycles. The Bertz CT molecular complexity index is 1040. The number of nitrogens with two attached hydrogens (primary N) is 1. The molecule has 0 fully saturated rings. The van der Waals surface area contributed by atoms with Gasteiger partial charge < -0.3 is 10.3 Å². The van der Waals surface area contributed by atoms with E-state index in [-0.39, 0.29) is 0 Å². The molecule has 6 heteroatoms. The average molecular weight is 417 g/mol. The molecule has 0 aliphatic rings. The first kappa shape index (κ1) is 21.1. The van der Waals surface area contributed by atoms with Crippen LogP contribution >= 0.6 is 11.6 Å². The maximum Gasteiger partial charge on any atom is 0.251 e. The van der Waals surface area contributed by atoms with E-state index in [1.54, 1.807) is 18.2 Å². The fourth-order valence-corrected chi connectivity index (χ4v) is 3.79. The molecule has 152 valence electrons. The van der Waals surface area contributed by atoms with Crippen LogP contribution in [-0.2, 0) is 13.0 Å². The topological polar surface area (TPSA) is 48.0 Å². The number of rotatable bonds is 7. The van der Waals surface area contributed by atoms with Crippen LogP contribution in [0, 0.1) is 18.6 Å². The Morgan fingerprint density at radius 1 is 1.10 bits per heavy atom. The van der Waals surface area contributed by atoms with Gasteiger partial charge in [-0.15, -0.1) is 0 Å². The van der Waals surface area contributed by atoms with E-state index in [9.17, 15) is 13.6 Å². The summed E-state index contributed by atoms with van der Waals surface area (Å²) in [5.74, 6) is -2.30. The molecule has 1 heterocycles.